The Morgan fingerprint density at radius 2 is 2.00 bits per heavy atom. The van der Waals surface area contributed by atoms with Crippen molar-refractivity contribution in [3.05, 3.63) is 41.6 Å². The zero-order valence-corrected chi connectivity index (χ0v) is 14.5. The Balaban J connectivity index is 1.46. The molecule has 3 aromatic rings. The Labute approximate surface area is 151 Å². The minimum Gasteiger partial charge on any atom is -0.367 e. The molecule has 1 aromatic carbocycles. The van der Waals surface area contributed by atoms with Crippen LogP contribution in [0.15, 0.2) is 30.5 Å². The summed E-state index contributed by atoms with van der Waals surface area (Å²) in [5, 5.41) is 7.85. The first-order chi connectivity index (χ1) is 12.8. The molecule has 2 aliphatic rings. The summed E-state index contributed by atoms with van der Waals surface area (Å²) in [5.41, 5.74) is 3.70. The molecule has 0 unspecified atom stereocenters. The second-order valence-electron chi connectivity index (χ2n) is 7.18. The number of aromatic nitrogens is 3. The van der Waals surface area contributed by atoms with Crippen molar-refractivity contribution in [1.82, 2.24) is 15.0 Å². The van der Waals surface area contributed by atoms with Crippen LogP contribution in [0.4, 0.5) is 17.5 Å². The number of aryl methyl sites for hydroxylation is 1. The first-order valence-corrected chi connectivity index (χ1v) is 9.31. The Morgan fingerprint density at radius 3 is 2.85 bits per heavy atom. The second kappa shape index (κ2) is 6.12. The molecule has 0 bridgehead atoms. The van der Waals surface area contributed by atoms with Gasteiger partial charge in [0.25, 0.3) is 0 Å². The van der Waals surface area contributed by atoms with Gasteiger partial charge in [0.15, 0.2) is 5.78 Å². The Hall–Kier alpha value is -2.89. The van der Waals surface area contributed by atoms with Crippen molar-refractivity contribution in [2.75, 3.05) is 10.6 Å². The average Bonchev–Trinajstić information content (AvgIpc) is 3.07. The van der Waals surface area contributed by atoms with Gasteiger partial charge >= 0.3 is 0 Å². The fourth-order valence-electron chi connectivity index (χ4n) is 3.71. The zero-order valence-electron chi connectivity index (χ0n) is 14.5. The number of carbonyl (C=O) groups is 1. The van der Waals surface area contributed by atoms with E-state index in [1.165, 1.54) is 19.3 Å². The van der Waals surface area contributed by atoms with E-state index in [4.69, 9.17) is 4.98 Å². The van der Waals surface area contributed by atoms with E-state index >= 15 is 0 Å². The van der Waals surface area contributed by atoms with Crippen LogP contribution in [0.5, 0.6) is 0 Å². The van der Waals surface area contributed by atoms with E-state index in [0.717, 1.165) is 46.5 Å². The predicted octanol–water partition coefficient (Wildman–Crippen LogP) is 4.18. The normalized spacial score (nSPS) is 17.0. The lowest BCUT2D eigenvalue weighted by Crippen LogP contribution is -2.27. The number of benzene rings is 1. The molecule has 0 atom stereocenters. The first-order valence-electron chi connectivity index (χ1n) is 9.31. The Morgan fingerprint density at radius 1 is 1.08 bits per heavy atom. The van der Waals surface area contributed by atoms with E-state index in [0.29, 0.717) is 18.4 Å². The quantitative estimate of drug-likeness (QED) is 0.659. The predicted molar refractivity (Wildman–Crippen MR) is 102 cm³/mol. The van der Waals surface area contributed by atoms with E-state index < -0.39 is 0 Å². The van der Waals surface area contributed by atoms with E-state index in [1.54, 1.807) is 0 Å². The molecule has 1 saturated carbocycles. The molecular weight excluding hydrogens is 326 g/mol. The van der Waals surface area contributed by atoms with E-state index in [2.05, 4.69) is 20.6 Å². The number of nitrogens with zero attached hydrogens (tertiary/aromatic N) is 2. The van der Waals surface area contributed by atoms with Gasteiger partial charge in [-0.3, -0.25) is 4.79 Å². The number of hydrogen-bond acceptors (Lipinski definition) is 5. The summed E-state index contributed by atoms with van der Waals surface area (Å²) in [7, 11) is 0. The molecule has 2 aromatic heterocycles. The van der Waals surface area contributed by atoms with Gasteiger partial charge in [0, 0.05) is 29.9 Å². The molecule has 26 heavy (non-hydrogen) atoms. The van der Waals surface area contributed by atoms with Crippen LogP contribution in [0.25, 0.3) is 11.0 Å². The van der Waals surface area contributed by atoms with Crippen LogP contribution < -0.4 is 10.6 Å². The van der Waals surface area contributed by atoms with Crippen LogP contribution >= 0.6 is 0 Å². The van der Waals surface area contributed by atoms with Crippen molar-refractivity contribution < 1.29 is 4.79 Å². The van der Waals surface area contributed by atoms with Crippen LogP contribution in [-0.4, -0.2) is 26.8 Å². The van der Waals surface area contributed by atoms with Crippen LogP contribution in [0.1, 0.15) is 48.0 Å². The third kappa shape index (κ3) is 2.71. The largest absolute Gasteiger partial charge is 0.367 e. The minimum atomic E-state index is 0.244. The summed E-state index contributed by atoms with van der Waals surface area (Å²) < 4.78 is 0. The number of hydrogen-bond donors (Lipinski definition) is 3. The van der Waals surface area contributed by atoms with Gasteiger partial charge in [0.05, 0.1) is 5.39 Å². The van der Waals surface area contributed by atoms with Gasteiger partial charge in [-0.2, -0.15) is 9.97 Å². The summed E-state index contributed by atoms with van der Waals surface area (Å²) in [6.07, 6.45) is 8.08. The average molecular weight is 347 g/mol. The highest BCUT2D eigenvalue weighted by molar-refractivity contribution is 5.99. The molecule has 0 aliphatic heterocycles. The maximum Gasteiger partial charge on any atom is 0.231 e. The zero-order chi connectivity index (χ0) is 17.5. The van der Waals surface area contributed by atoms with Crippen molar-refractivity contribution in [3.63, 3.8) is 0 Å². The fourth-order valence-corrected chi connectivity index (χ4v) is 3.71. The van der Waals surface area contributed by atoms with Crippen molar-refractivity contribution in [1.29, 1.82) is 0 Å². The smallest absolute Gasteiger partial charge is 0.231 e. The second-order valence-corrected chi connectivity index (χ2v) is 7.18. The third-order valence-electron chi connectivity index (χ3n) is 5.37. The van der Waals surface area contributed by atoms with Gasteiger partial charge < -0.3 is 15.6 Å². The summed E-state index contributed by atoms with van der Waals surface area (Å²) in [6, 6.07) is 8.41. The van der Waals surface area contributed by atoms with Gasteiger partial charge in [-0.15, -0.1) is 0 Å². The summed E-state index contributed by atoms with van der Waals surface area (Å²) in [5.74, 6) is 1.68. The lowest BCUT2D eigenvalue weighted by molar-refractivity contribution is 0.0972. The van der Waals surface area contributed by atoms with Gasteiger partial charge in [0.1, 0.15) is 11.5 Å². The fraction of sp³-hybridized carbons (Fsp3) is 0.350. The number of aromatic amines is 1. The Bertz CT molecular complexity index is 989. The number of carbonyl (C=O) groups excluding carboxylic acids is 1. The molecular formula is C20H21N5O. The number of nitrogens with one attached hydrogen (secondary N) is 3. The first kappa shape index (κ1) is 15.4. The van der Waals surface area contributed by atoms with E-state index in [1.807, 2.05) is 30.5 Å². The summed E-state index contributed by atoms with van der Waals surface area (Å²) >= 11 is 0. The molecule has 1 fully saturated rings. The van der Waals surface area contributed by atoms with Gasteiger partial charge in [-0.1, -0.05) is 0 Å². The maximum atomic E-state index is 12.0. The van der Waals surface area contributed by atoms with Crippen molar-refractivity contribution in [2.24, 2.45) is 0 Å². The SMILES string of the molecule is O=C1CCCc2cc(Nc3nc(NC4CCC4)c4cc[nH]c4n3)ccc21. The van der Waals surface area contributed by atoms with E-state index in [9.17, 15) is 4.79 Å². The highest BCUT2D eigenvalue weighted by Crippen LogP contribution is 2.29. The van der Waals surface area contributed by atoms with Crippen molar-refractivity contribution in [2.45, 2.75) is 44.6 Å². The monoisotopic (exact) mass is 347 g/mol. The Kier molecular flexibility index (Phi) is 3.62. The van der Waals surface area contributed by atoms with Crippen LogP contribution in [0, 0.1) is 0 Å². The highest BCUT2D eigenvalue weighted by Gasteiger charge is 2.20. The number of rotatable bonds is 4. The summed E-state index contributed by atoms with van der Waals surface area (Å²) in [6.45, 7) is 0. The van der Waals surface area contributed by atoms with Crippen molar-refractivity contribution in [3.8, 4) is 0 Å². The highest BCUT2D eigenvalue weighted by atomic mass is 16.1. The lowest BCUT2D eigenvalue weighted by atomic mass is 9.90. The molecule has 5 rings (SSSR count). The molecule has 3 N–H and O–H groups in total. The number of ketones is 1. The number of H-pyrrole nitrogens is 1. The van der Waals surface area contributed by atoms with Crippen LogP contribution in [0.3, 0.4) is 0 Å². The topological polar surface area (TPSA) is 82.7 Å². The van der Waals surface area contributed by atoms with Gasteiger partial charge in [0.2, 0.25) is 5.95 Å². The third-order valence-corrected chi connectivity index (χ3v) is 5.37. The molecule has 0 radical (unpaired) electrons. The molecule has 0 spiro atoms. The molecule has 6 nitrogen and oxygen atoms in total. The van der Waals surface area contributed by atoms with Crippen LogP contribution in [0.2, 0.25) is 0 Å². The van der Waals surface area contributed by atoms with Gasteiger partial charge in [-0.25, -0.2) is 0 Å². The number of Topliss-reactive ketones (excluding diaryl/α,β-unsaturated/α-hetero) is 1. The molecule has 0 saturated heterocycles. The number of fused-ring (bicyclic) bond motifs is 2. The number of anilines is 3. The standard InChI is InChI=1S/C20H21N5O/c26-17-6-1-3-12-11-14(7-8-15(12)17)23-20-24-18-16(9-10-21-18)19(25-20)22-13-4-2-5-13/h7-11,13H,1-6H2,(H3,21,22,23,24,25). The van der Waals surface area contributed by atoms with Gasteiger partial charge in [-0.05, 0) is 61.9 Å². The van der Waals surface area contributed by atoms with Crippen molar-refractivity contribution >= 4 is 34.3 Å². The molecule has 0 amide bonds. The molecule has 2 heterocycles. The maximum absolute atomic E-state index is 12.0. The van der Waals surface area contributed by atoms with Crippen LogP contribution in [-0.2, 0) is 6.42 Å². The molecule has 132 valence electrons. The molecule has 6 heteroatoms. The summed E-state index contributed by atoms with van der Waals surface area (Å²) in [4.78, 5) is 24.5. The lowest BCUT2D eigenvalue weighted by Gasteiger charge is -2.27. The van der Waals surface area contributed by atoms with E-state index in [-0.39, 0.29) is 5.78 Å². The molecule has 2 aliphatic carbocycles. The minimum absolute atomic E-state index is 0.244.